The summed E-state index contributed by atoms with van der Waals surface area (Å²) in [5.74, 6) is 0.351. The maximum absolute atomic E-state index is 9.74. The Kier molecular flexibility index (Phi) is 3.32. The Bertz CT molecular complexity index is 257. The molecule has 2 unspecified atom stereocenters. The molecule has 0 radical (unpaired) electrons. The molecular formula is C7H15N5O. The molecule has 1 aromatic heterocycles. The van der Waals surface area contributed by atoms with Gasteiger partial charge in [0.15, 0.2) is 0 Å². The minimum Gasteiger partial charge on any atom is -0.385 e. The number of hydrogen-bond acceptors (Lipinski definition) is 5. The van der Waals surface area contributed by atoms with Crippen LogP contribution in [0.15, 0.2) is 0 Å². The molecule has 0 spiro atoms. The Morgan fingerprint density at radius 1 is 1.62 bits per heavy atom. The van der Waals surface area contributed by atoms with Crippen molar-refractivity contribution < 1.29 is 5.11 Å². The Morgan fingerprint density at radius 2 is 2.31 bits per heavy atom. The summed E-state index contributed by atoms with van der Waals surface area (Å²) in [6, 6.07) is 0. The Labute approximate surface area is 76.7 Å². The normalized spacial score (nSPS) is 15.7. The van der Waals surface area contributed by atoms with Crippen molar-refractivity contribution in [2.75, 3.05) is 6.54 Å². The predicted molar refractivity (Wildman–Crippen MR) is 46.6 cm³/mol. The van der Waals surface area contributed by atoms with Crippen LogP contribution in [0.5, 0.6) is 0 Å². The van der Waals surface area contributed by atoms with Crippen LogP contribution < -0.4 is 5.73 Å². The van der Waals surface area contributed by atoms with E-state index in [0.717, 1.165) is 6.42 Å². The minimum atomic E-state index is -0.705. The van der Waals surface area contributed by atoms with E-state index >= 15 is 0 Å². The lowest BCUT2D eigenvalue weighted by molar-refractivity contribution is 0.101. The molecular weight excluding hydrogens is 170 g/mol. The largest absolute Gasteiger partial charge is 0.385 e. The molecule has 74 valence electrons. The van der Waals surface area contributed by atoms with Gasteiger partial charge in [-0.3, -0.25) is 0 Å². The standard InChI is InChI=1S/C7H15N5O/c1-3-5(4-8)6(13)7-9-11-12(2)10-7/h5-6,13H,3-4,8H2,1-2H3. The van der Waals surface area contributed by atoms with Crippen LogP contribution in [0.4, 0.5) is 0 Å². The molecule has 6 heteroatoms. The lowest BCUT2D eigenvalue weighted by atomic mass is 9.99. The fraction of sp³-hybridized carbons (Fsp3) is 0.857. The highest BCUT2D eigenvalue weighted by Gasteiger charge is 2.21. The first-order valence-corrected chi connectivity index (χ1v) is 4.31. The van der Waals surface area contributed by atoms with Crippen molar-refractivity contribution in [3.8, 4) is 0 Å². The maximum atomic E-state index is 9.74. The summed E-state index contributed by atoms with van der Waals surface area (Å²) in [5.41, 5.74) is 5.49. The van der Waals surface area contributed by atoms with Gasteiger partial charge in [-0.2, -0.15) is 4.80 Å². The van der Waals surface area contributed by atoms with Gasteiger partial charge in [-0.05, 0) is 18.2 Å². The number of rotatable bonds is 4. The van der Waals surface area contributed by atoms with E-state index in [2.05, 4.69) is 15.4 Å². The van der Waals surface area contributed by atoms with Gasteiger partial charge in [0.1, 0.15) is 6.10 Å². The smallest absolute Gasteiger partial charge is 0.203 e. The molecule has 0 saturated carbocycles. The first-order chi connectivity index (χ1) is 6.19. The van der Waals surface area contributed by atoms with Crippen molar-refractivity contribution >= 4 is 0 Å². The summed E-state index contributed by atoms with van der Waals surface area (Å²) < 4.78 is 0. The molecule has 0 aliphatic rings. The molecule has 0 aromatic carbocycles. The molecule has 0 aliphatic heterocycles. The van der Waals surface area contributed by atoms with E-state index in [1.54, 1.807) is 7.05 Å². The quantitative estimate of drug-likeness (QED) is 0.642. The third kappa shape index (κ3) is 2.22. The van der Waals surface area contributed by atoms with Gasteiger partial charge >= 0.3 is 0 Å². The van der Waals surface area contributed by atoms with Gasteiger partial charge in [0, 0.05) is 5.92 Å². The summed E-state index contributed by atoms with van der Waals surface area (Å²) in [6.07, 6.45) is 0.0966. The first-order valence-electron chi connectivity index (χ1n) is 4.31. The predicted octanol–water partition coefficient (Wildman–Crippen LogP) is -0.772. The maximum Gasteiger partial charge on any atom is 0.203 e. The number of nitrogens with two attached hydrogens (primary N) is 1. The topological polar surface area (TPSA) is 89.9 Å². The fourth-order valence-corrected chi connectivity index (χ4v) is 1.15. The van der Waals surface area contributed by atoms with Crippen LogP contribution in [0.2, 0.25) is 0 Å². The summed E-state index contributed by atoms with van der Waals surface area (Å²) in [6.45, 7) is 2.40. The molecule has 3 N–H and O–H groups in total. The number of tetrazole rings is 1. The van der Waals surface area contributed by atoms with Gasteiger partial charge in [-0.15, -0.1) is 10.2 Å². The lowest BCUT2D eigenvalue weighted by Gasteiger charge is -2.15. The van der Waals surface area contributed by atoms with Crippen molar-refractivity contribution in [2.45, 2.75) is 19.4 Å². The Hall–Kier alpha value is -1.01. The van der Waals surface area contributed by atoms with Crippen LogP contribution in [-0.4, -0.2) is 31.9 Å². The highest BCUT2D eigenvalue weighted by molar-refractivity contribution is 4.87. The SMILES string of the molecule is CCC(CN)C(O)c1nnn(C)n1. The van der Waals surface area contributed by atoms with Crippen molar-refractivity contribution in [1.82, 2.24) is 20.2 Å². The van der Waals surface area contributed by atoms with Crippen molar-refractivity contribution in [1.29, 1.82) is 0 Å². The van der Waals surface area contributed by atoms with Crippen LogP contribution in [-0.2, 0) is 7.05 Å². The van der Waals surface area contributed by atoms with Crippen LogP contribution >= 0.6 is 0 Å². The molecule has 0 bridgehead atoms. The fourth-order valence-electron chi connectivity index (χ4n) is 1.15. The Morgan fingerprint density at radius 3 is 2.69 bits per heavy atom. The summed E-state index contributed by atoms with van der Waals surface area (Å²) in [4.78, 5) is 1.32. The van der Waals surface area contributed by atoms with Gasteiger partial charge < -0.3 is 10.8 Å². The van der Waals surface area contributed by atoms with Crippen molar-refractivity contribution in [3.05, 3.63) is 5.82 Å². The zero-order valence-electron chi connectivity index (χ0n) is 7.88. The molecule has 2 atom stereocenters. The second kappa shape index (κ2) is 4.29. The van der Waals surface area contributed by atoms with E-state index in [0.29, 0.717) is 12.4 Å². The molecule has 0 amide bonds. The van der Waals surface area contributed by atoms with Crippen LogP contribution in [0.1, 0.15) is 25.3 Å². The van der Waals surface area contributed by atoms with E-state index < -0.39 is 6.10 Å². The molecule has 0 aliphatic carbocycles. The van der Waals surface area contributed by atoms with Gasteiger partial charge in [0.25, 0.3) is 0 Å². The molecule has 1 aromatic rings. The van der Waals surface area contributed by atoms with Crippen LogP contribution in [0.25, 0.3) is 0 Å². The monoisotopic (exact) mass is 185 g/mol. The molecule has 6 nitrogen and oxygen atoms in total. The zero-order valence-corrected chi connectivity index (χ0v) is 7.88. The number of nitrogens with zero attached hydrogens (tertiary/aromatic N) is 4. The average Bonchev–Trinajstić information content (AvgIpc) is 2.54. The van der Waals surface area contributed by atoms with Gasteiger partial charge in [-0.25, -0.2) is 0 Å². The average molecular weight is 185 g/mol. The first kappa shape index (κ1) is 10.1. The highest BCUT2D eigenvalue weighted by atomic mass is 16.3. The van der Waals surface area contributed by atoms with Gasteiger partial charge in [0.2, 0.25) is 5.82 Å². The van der Waals surface area contributed by atoms with E-state index in [4.69, 9.17) is 5.73 Å². The van der Waals surface area contributed by atoms with Gasteiger partial charge in [0.05, 0.1) is 7.05 Å². The zero-order chi connectivity index (χ0) is 9.84. The molecule has 0 saturated heterocycles. The summed E-state index contributed by atoms with van der Waals surface area (Å²) in [5, 5.41) is 21.0. The molecule has 0 fully saturated rings. The number of aromatic nitrogens is 4. The number of hydrogen-bond donors (Lipinski definition) is 2. The van der Waals surface area contributed by atoms with E-state index in [1.165, 1.54) is 4.80 Å². The third-order valence-corrected chi connectivity index (χ3v) is 2.06. The second-order valence-electron chi connectivity index (χ2n) is 2.99. The minimum absolute atomic E-state index is 0.00389. The van der Waals surface area contributed by atoms with Crippen molar-refractivity contribution in [3.63, 3.8) is 0 Å². The molecule has 1 rings (SSSR count). The lowest BCUT2D eigenvalue weighted by Crippen LogP contribution is -2.22. The highest BCUT2D eigenvalue weighted by Crippen LogP contribution is 2.19. The number of aliphatic hydroxyl groups is 1. The van der Waals surface area contributed by atoms with E-state index in [9.17, 15) is 5.11 Å². The summed E-state index contributed by atoms with van der Waals surface area (Å²) in [7, 11) is 1.66. The van der Waals surface area contributed by atoms with Crippen LogP contribution in [0, 0.1) is 5.92 Å². The van der Waals surface area contributed by atoms with Gasteiger partial charge in [-0.1, -0.05) is 6.92 Å². The summed E-state index contributed by atoms with van der Waals surface area (Å²) >= 11 is 0. The van der Waals surface area contributed by atoms with Crippen LogP contribution in [0.3, 0.4) is 0 Å². The van der Waals surface area contributed by atoms with E-state index in [1.807, 2.05) is 6.92 Å². The van der Waals surface area contributed by atoms with E-state index in [-0.39, 0.29) is 5.92 Å². The molecule has 13 heavy (non-hydrogen) atoms. The third-order valence-electron chi connectivity index (χ3n) is 2.06. The Balaban J connectivity index is 2.71. The molecule has 1 heterocycles. The number of aliphatic hydroxyl groups excluding tert-OH is 1. The second-order valence-corrected chi connectivity index (χ2v) is 2.99. The number of aryl methyl sites for hydroxylation is 1. The van der Waals surface area contributed by atoms with Crippen molar-refractivity contribution in [2.24, 2.45) is 18.7 Å².